The first-order valence-corrected chi connectivity index (χ1v) is 11.9. The first-order valence-electron chi connectivity index (χ1n) is 10.0. The number of hydrogen-bond donors (Lipinski definition) is 2. The predicted molar refractivity (Wildman–Crippen MR) is 124 cm³/mol. The smallest absolute Gasteiger partial charge is 0.221 e. The average Bonchev–Trinajstić information content (AvgIpc) is 2.74. The summed E-state index contributed by atoms with van der Waals surface area (Å²) in [4.78, 5) is 13.4. The number of nitrogens with two attached hydrogens (primary N) is 1. The molecular formula is C22H26N6O2S. The lowest BCUT2D eigenvalue weighted by atomic mass is 10.1. The van der Waals surface area contributed by atoms with Crippen molar-refractivity contribution >= 4 is 33.0 Å². The SMILES string of the molecule is CN1CCN(c2ccc(-c3cnc(N)nc3Nc3cccc(S(C)(=O)=O)c3)cc2)CC1. The molecule has 0 saturated carbocycles. The third-order valence-corrected chi connectivity index (χ3v) is 6.49. The van der Waals surface area contributed by atoms with Crippen LogP contribution in [0.1, 0.15) is 0 Å². The van der Waals surface area contributed by atoms with Gasteiger partial charge in [-0.1, -0.05) is 18.2 Å². The Morgan fingerprint density at radius 3 is 2.42 bits per heavy atom. The van der Waals surface area contributed by atoms with Crippen molar-refractivity contribution in [3.63, 3.8) is 0 Å². The van der Waals surface area contributed by atoms with Crippen LogP contribution in [0.15, 0.2) is 59.6 Å². The molecule has 9 heteroatoms. The van der Waals surface area contributed by atoms with Gasteiger partial charge in [0.1, 0.15) is 5.82 Å². The lowest BCUT2D eigenvalue weighted by Gasteiger charge is -2.34. The zero-order valence-corrected chi connectivity index (χ0v) is 18.4. The molecule has 0 unspecified atom stereocenters. The summed E-state index contributed by atoms with van der Waals surface area (Å²) in [6, 6.07) is 14.9. The fourth-order valence-electron chi connectivity index (χ4n) is 3.56. The van der Waals surface area contributed by atoms with Crippen LogP contribution in [0.25, 0.3) is 11.1 Å². The average molecular weight is 439 g/mol. The van der Waals surface area contributed by atoms with Crippen LogP contribution in [0, 0.1) is 0 Å². The zero-order chi connectivity index (χ0) is 22.0. The van der Waals surface area contributed by atoms with E-state index in [1.807, 2.05) is 12.1 Å². The van der Waals surface area contributed by atoms with Crippen molar-refractivity contribution in [1.82, 2.24) is 14.9 Å². The second-order valence-corrected chi connectivity index (χ2v) is 9.77. The zero-order valence-electron chi connectivity index (χ0n) is 17.6. The molecule has 2 aromatic carbocycles. The van der Waals surface area contributed by atoms with Gasteiger partial charge in [0.05, 0.1) is 4.90 Å². The van der Waals surface area contributed by atoms with E-state index in [1.54, 1.807) is 30.5 Å². The molecule has 0 bridgehead atoms. The van der Waals surface area contributed by atoms with E-state index in [4.69, 9.17) is 5.73 Å². The third-order valence-electron chi connectivity index (χ3n) is 5.38. The second-order valence-electron chi connectivity index (χ2n) is 7.75. The third kappa shape index (κ3) is 4.95. The molecule has 3 N–H and O–H groups in total. The molecule has 0 radical (unpaired) electrons. The monoisotopic (exact) mass is 438 g/mol. The Labute approximate surface area is 182 Å². The maximum absolute atomic E-state index is 11.9. The molecule has 0 aliphatic carbocycles. The van der Waals surface area contributed by atoms with E-state index in [0.717, 1.165) is 37.3 Å². The van der Waals surface area contributed by atoms with E-state index in [-0.39, 0.29) is 10.8 Å². The van der Waals surface area contributed by atoms with Crippen molar-refractivity contribution in [3.05, 3.63) is 54.7 Å². The predicted octanol–water partition coefficient (Wildman–Crippen LogP) is 2.62. The highest BCUT2D eigenvalue weighted by atomic mass is 32.2. The lowest BCUT2D eigenvalue weighted by molar-refractivity contribution is 0.313. The number of sulfone groups is 1. The molecule has 1 aromatic heterocycles. The van der Waals surface area contributed by atoms with Gasteiger partial charge in [-0.3, -0.25) is 0 Å². The fraction of sp³-hybridized carbons (Fsp3) is 0.273. The molecule has 3 aromatic rings. The number of nitrogens with one attached hydrogen (secondary N) is 1. The first-order chi connectivity index (χ1) is 14.8. The number of benzene rings is 2. The Balaban J connectivity index is 1.62. The molecule has 0 spiro atoms. The quantitative estimate of drug-likeness (QED) is 0.626. The fourth-order valence-corrected chi connectivity index (χ4v) is 4.23. The highest BCUT2D eigenvalue weighted by Gasteiger charge is 2.15. The summed E-state index contributed by atoms with van der Waals surface area (Å²) in [5.41, 5.74) is 9.34. The number of rotatable bonds is 5. The molecule has 1 aliphatic rings. The van der Waals surface area contributed by atoms with Gasteiger partial charge in [0, 0.05) is 55.6 Å². The van der Waals surface area contributed by atoms with Gasteiger partial charge < -0.3 is 20.9 Å². The molecule has 162 valence electrons. The molecule has 2 heterocycles. The Morgan fingerprint density at radius 2 is 1.74 bits per heavy atom. The van der Waals surface area contributed by atoms with Crippen LogP contribution >= 0.6 is 0 Å². The van der Waals surface area contributed by atoms with Gasteiger partial charge in [0.25, 0.3) is 0 Å². The summed E-state index contributed by atoms with van der Waals surface area (Å²) in [6.07, 6.45) is 2.86. The molecule has 31 heavy (non-hydrogen) atoms. The topological polar surface area (TPSA) is 104 Å². The number of nitrogens with zero attached hydrogens (tertiary/aromatic N) is 4. The van der Waals surface area contributed by atoms with Gasteiger partial charge in [-0.05, 0) is 42.9 Å². The summed E-state index contributed by atoms with van der Waals surface area (Å²) >= 11 is 0. The minimum absolute atomic E-state index is 0.138. The second kappa shape index (κ2) is 8.52. The molecule has 8 nitrogen and oxygen atoms in total. The summed E-state index contributed by atoms with van der Waals surface area (Å²) < 4.78 is 23.8. The maximum atomic E-state index is 11.9. The summed E-state index contributed by atoms with van der Waals surface area (Å²) in [5.74, 6) is 0.657. The summed E-state index contributed by atoms with van der Waals surface area (Å²) in [5, 5.41) is 3.20. The Kier molecular flexibility index (Phi) is 5.79. The van der Waals surface area contributed by atoms with Crippen LogP contribution in [0.2, 0.25) is 0 Å². The normalized spacial score (nSPS) is 15.1. The number of anilines is 4. The number of hydrogen-bond acceptors (Lipinski definition) is 8. The van der Waals surface area contributed by atoms with Gasteiger partial charge in [0.15, 0.2) is 9.84 Å². The van der Waals surface area contributed by atoms with Crippen LogP contribution in [0.4, 0.5) is 23.1 Å². The van der Waals surface area contributed by atoms with E-state index in [2.05, 4.69) is 44.3 Å². The van der Waals surface area contributed by atoms with Crippen LogP contribution in [-0.2, 0) is 9.84 Å². The van der Waals surface area contributed by atoms with E-state index in [0.29, 0.717) is 11.5 Å². The highest BCUT2D eigenvalue weighted by Crippen LogP contribution is 2.31. The van der Waals surface area contributed by atoms with Gasteiger partial charge in [-0.2, -0.15) is 4.98 Å². The Morgan fingerprint density at radius 1 is 1.03 bits per heavy atom. The van der Waals surface area contributed by atoms with Gasteiger partial charge in [-0.15, -0.1) is 0 Å². The lowest BCUT2D eigenvalue weighted by Crippen LogP contribution is -2.44. The molecule has 1 aliphatic heterocycles. The minimum Gasteiger partial charge on any atom is -0.369 e. The van der Waals surface area contributed by atoms with Crippen molar-refractivity contribution in [2.45, 2.75) is 4.90 Å². The Bertz CT molecular complexity index is 1170. The number of aromatic nitrogens is 2. The molecule has 1 fully saturated rings. The number of piperazine rings is 1. The largest absolute Gasteiger partial charge is 0.369 e. The molecule has 4 rings (SSSR count). The summed E-state index contributed by atoms with van der Waals surface area (Å²) in [7, 11) is -1.17. The standard InChI is InChI=1S/C22H26N6O2S/c1-27-10-12-28(13-11-27)18-8-6-16(7-9-18)20-15-24-22(23)26-21(20)25-17-4-3-5-19(14-17)31(2,29)30/h3-9,14-15H,10-13H2,1-2H3,(H3,23,24,25,26). The molecule has 1 saturated heterocycles. The van der Waals surface area contributed by atoms with E-state index in [9.17, 15) is 8.42 Å². The maximum Gasteiger partial charge on any atom is 0.221 e. The van der Waals surface area contributed by atoms with Crippen molar-refractivity contribution in [2.75, 3.05) is 55.4 Å². The van der Waals surface area contributed by atoms with Crippen LogP contribution in [0.5, 0.6) is 0 Å². The van der Waals surface area contributed by atoms with Gasteiger partial charge in [-0.25, -0.2) is 13.4 Å². The Hall–Kier alpha value is -3.17. The van der Waals surface area contributed by atoms with Crippen LogP contribution < -0.4 is 16.0 Å². The van der Waals surface area contributed by atoms with Crippen molar-refractivity contribution in [3.8, 4) is 11.1 Å². The van der Waals surface area contributed by atoms with Crippen LogP contribution in [-0.4, -0.2) is 62.8 Å². The van der Waals surface area contributed by atoms with Gasteiger partial charge in [0.2, 0.25) is 5.95 Å². The first kappa shape index (κ1) is 21.1. The van der Waals surface area contributed by atoms with E-state index in [1.165, 1.54) is 11.9 Å². The number of likely N-dealkylation sites (N-methyl/N-ethyl adjacent to an activating group) is 1. The minimum atomic E-state index is -3.31. The van der Waals surface area contributed by atoms with Gasteiger partial charge >= 0.3 is 0 Å². The van der Waals surface area contributed by atoms with Crippen molar-refractivity contribution in [1.29, 1.82) is 0 Å². The molecular weight excluding hydrogens is 412 g/mol. The van der Waals surface area contributed by atoms with E-state index >= 15 is 0 Å². The van der Waals surface area contributed by atoms with Crippen molar-refractivity contribution in [2.24, 2.45) is 0 Å². The molecule has 0 amide bonds. The highest BCUT2D eigenvalue weighted by molar-refractivity contribution is 7.90. The van der Waals surface area contributed by atoms with Crippen molar-refractivity contribution < 1.29 is 8.42 Å². The molecule has 0 atom stereocenters. The number of nitrogen functional groups attached to an aromatic ring is 1. The van der Waals surface area contributed by atoms with Crippen LogP contribution in [0.3, 0.4) is 0 Å². The summed E-state index contributed by atoms with van der Waals surface area (Å²) in [6.45, 7) is 4.11. The van der Waals surface area contributed by atoms with E-state index < -0.39 is 9.84 Å².